The van der Waals surface area contributed by atoms with Crippen LogP contribution in [0.15, 0.2) is 0 Å². The van der Waals surface area contributed by atoms with Crippen molar-refractivity contribution in [1.29, 1.82) is 0 Å². The monoisotopic (exact) mass is 200 g/mol. The molecule has 0 saturated heterocycles. The lowest BCUT2D eigenvalue weighted by Crippen LogP contribution is -2.32. The van der Waals surface area contributed by atoms with Gasteiger partial charge in [-0.15, -0.1) is 0 Å². The maximum Gasteiger partial charge on any atom is 0.221 e. The SMILES string of the molecule is CCCCNC(=O)C[C@@H](N)CCCC. The number of amides is 1. The van der Waals surface area contributed by atoms with Crippen LogP contribution >= 0.6 is 0 Å². The third-order valence-electron chi connectivity index (χ3n) is 2.23. The molecule has 0 heterocycles. The Balaban J connectivity index is 3.40. The highest BCUT2D eigenvalue weighted by Gasteiger charge is 2.07. The fourth-order valence-corrected chi connectivity index (χ4v) is 1.28. The summed E-state index contributed by atoms with van der Waals surface area (Å²) in [4.78, 5) is 11.3. The molecule has 0 radical (unpaired) electrons. The standard InChI is InChI=1S/C11H24N2O/c1-3-5-7-10(12)9-11(14)13-8-6-4-2/h10H,3-9,12H2,1-2H3,(H,13,14)/t10-/m0/s1. The van der Waals surface area contributed by atoms with Crippen molar-refractivity contribution in [2.75, 3.05) is 6.54 Å². The Bertz CT molecular complexity index is 148. The Hall–Kier alpha value is -0.570. The van der Waals surface area contributed by atoms with Crippen LogP contribution < -0.4 is 11.1 Å². The van der Waals surface area contributed by atoms with Crippen LogP contribution in [0.5, 0.6) is 0 Å². The van der Waals surface area contributed by atoms with Gasteiger partial charge in [0.2, 0.25) is 5.91 Å². The lowest BCUT2D eigenvalue weighted by atomic mass is 10.1. The van der Waals surface area contributed by atoms with Crippen LogP contribution in [-0.2, 0) is 4.79 Å². The summed E-state index contributed by atoms with van der Waals surface area (Å²) in [6.45, 7) is 5.03. The molecule has 0 aliphatic carbocycles. The molecule has 14 heavy (non-hydrogen) atoms. The lowest BCUT2D eigenvalue weighted by Gasteiger charge is -2.10. The van der Waals surface area contributed by atoms with Crippen molar-refractivity contribution >= 4 is 5.91 Å². The smallest absolute Gasteiger partial charge is 0.221 e. The predicted molar refractivity (Wildman–Crippen MR) is 60.0 cm³/mol. The zero-order chi connectivity index (χ0) is 10.8. The maximum absolute atomic E-state index is 11.3. The van der Waals surface area contributed by atoms with Gasteiger partial charge in [0.15, 0.2) is 0 Å². The number of unbranched alkanes of at least 4 members (excludes halogenated alkanes) is 2. The van der Waals surface area contributed by atoms with Gasteiger partial charge in [0.1, 0.15) is 0 Å². The van der Waals surface area contributed by atoms with E-state index in [2.05, 4.69) is 19.2 Å². The van der Waals surface area contributed by atoms with E-state index in [4.69, 9.17) is 5.73 Å². The van der Waals surface area contributed by atoms with Gasteiger partial charge in [0.05, 0.1) is 0 Å². The second-order valence-corrected chi connectivity index (χ2v) is 3.81. The number of nitrogens with one attached hydrogen (secondary N) is 1. The van der Waals surface area contributed by atoms with Gasteiger partial charge >= 0.3 is 0 Å². The van der Waals surface area contributed by atoms with E-state index in [1.807, 2.05) is 0 Å². The first-order valence-electron chi connectivity index (χ1n) is 5.73. The van der Waals surface area contributed by atoms with Gasteiger partial charge in [-0.25, -0.2) is 0 Å². The number of nitrogens with two attached hydrogens (primary N) is 1. The highest BCUT2D eigenvalue weighted by atomic mass is 16.1. The average Bonchev–Trinajstić information content (AvgIpc) is 2.15. The highest BCUT2D eigenvalue weighted by molar-refractivity contribution is 5.76. The lowest BCUT2D eigenvalue weighted by molar-refractivity contribution is -0.121. The van der Waals surface area contributed by atoms with Gasteiger partial charge in [0.25, 0.3) is 0 Å². The molecule has 3 nitrogen and oxygen atoms in total. The van der Waals surface area contributed by atoms with Crippen LogP contribution in [0.25, 0.3) is 0 Å². The van der Waals surface area contributed by atoms with Crippen molar-refractivity contribution in [2.45, 2.75) is 58.4 Å². The maximum atomic E-state index is 11.3. The number of hydrogen-bond acceptors (Lipinski definition) is 2. The summed E-state index contributed by atoms with van der Waals surface area (Å²) in [6, 6.07) is 0.0385. The van der Waals surface area contributed by atoms with Crippen molar-refractivity contribution in [3.63, 3.8) is 0 Å². The minimum atomic E-state index is 0.0385. The van der Waals surface area contributed by atoms with Gasteiger partial charge in [-0.3, -0.25) is 4.79 Å². The number of carbonyl (C=O) groups is 1. The normalized spacial score (nSPS) is 12.5. The summed E-state index contributed by atoms with van der Waals surface area (Å²) in [5.41, 5.74) is 5.80. The second-order valence-electron chi connectivity index (χ2n) is 3.81. The highest BCUT2D eigenvalue weighted by Crippen LogP contribution is 2.01. The van der Waals surface area contributed by atoms with Crippen molar-refractivity contribution < 1.29 is 4.79 Å². The Morgan fingerprint density at radius 2 is 1.93 bits per heavy atom. The van der Waals surface area contributed by atoms with Crippen LogP contribution in [-0.4, -0.2) is 18.5 Å². The zero-order valence-corrected chi connectivity index (χ0v) is 9.51. The van der Waals surface area contributed by atoms with E-state index in [1.54, 1.807) is 0 Å². The molecule has 0 unspecified atom stereocenters. The number of hydrogen-bond donors (Lipinski definition) is 2. The molecule has 0 aromatic heterocycles. The van der Waals surface area contributed by atoms with E-state index in [0.29, 0.717) is 6.42 Å². The molecule has 0 aliphatic heterocycles. The summed E-state index contributed by atoms with van der Waals surface area (Å²) in [7, 11) is 0. The number of rotatable bonds is 8. The fraction of sp³-hybridized carbons (Fsp3) is 0.909. The molecule has 3 N–H and O–H groups in total. The Labute approximate surface area is 87.4 Å². The molecule has 0 spiro atoms. The fourth-order valence-electron chi connectivity index (χ4n) is 1.28. The van der Waals surface area contributed by atoms with E-state index in [-0.39, 0.29) is 11.9 Å². The van der Waals surface area contributed by atoms with Crippen molar-refractivity contribution in [3.05, 3.63) is 0 Å². The first-order valence-corrected chi connectivity index (χ1v) is 5.73. The predicted octanol–water partition coefficient (Wildman–Crippen LogP) is 1.81. The third-order valence-corrected chi connectivity index (χ3v) is 2.23. The van der Waals surface area contributed by atoms with E-state index in [0.717, 1.165) is 38.6 Å². The molecular weight excluding hydrogens is 176 g/mol. The summed E-state index contributed by atoms with van der Waals surface area (Å²) < 4.78 is 0. The molecule has 0 fully saturated rings. The van der Waals surface area contributed by atoms with Crippen molar-refractivity contribution in [3.8, 4) is 0 Å². The van der Waals surface area contributed by atoms with Gasteiger partial charge in [-0.2, -0.15) is 0 Å². The van der Waals surface area contributed by atoms with Crippen LogP contribution in [0.2, 0.25) is 0 Å². The first kappa shape index (κ1) is 13.4. The third kappa shape index (κ3) is 8.05. The molecule has 1 atom stereocenters. The molecule has 1 amide bonds. The topological polar surface area (TPSA) is 55.1 Å². The summed E-state index contributed by atoms with van der Waals surface area (Å²) in [5, 5.41) is 2.87. The summed E-state index contributed by atoms with van der Waals surface area (Å²) in [5.74, 6) is 0.0991. The molecular formula is C11H24N2O. The van der Waals surface area contributed by atoms with E-state index in [1.165, 1.54) is 0 Å². The van der Waals surface area contributed by atoms with Crippen molar-refractivity contribution in [2.24, 2.45) is 5.73 Å². The van der Waals surface area contributed by atoms with E-state index < -0.39 is 0 Å². The first-order chi connectivity index (χ1) is 6.70. The molecule has 0 saturated carbocycles. The van der Waals surface area contributed by atoms with Gasteiger partial charge in [-0.05, 0) is 12.8 Å². The molecule has 0 aliphatic rings. The van der Waals surface area contributed by atoms with Crippen LogP contribution in [0, 0.1) is 0 Å². The molecule has 0 aromatic rings. The van der Waals surface area contributed by atoms with Crippen LogP contribution in [0.1, 0.15) is 52.4 Å². The Morgan fingerprint density at radius 1 is 1.29 bits per heavy atom. The van der Waals surface area contributed by atoms with E-state index in [9.17, 15) is 4.79 Å². The minimum Gasteiger partial charge on any atom is -0.356 e. The molecule has 0 bridgehead atoms. The number of carbonyl (C=O) groups excluding carboxylic acids is 1. The van der Waals surface area contributed by atoms with Gasteiger partial charge < -0.3 is 11.1 Å². The Morgan fingerprint density at radius 3 is 2.50 bits per heavy atom. The van der Waals surface area contributed by atoms with E-state index >= 15 is 0 Å². The summed E-state index contributed by atoms with van der Waals surface area (Å²) in [6.07, 6.45) is 5.86. The van der Waals surface area contributed by atoms with Gasteiger partial charge in [0, 0.05) is 19.0 Å². The largest absolute Gasteiger partial charge is 0.356 e. The molecule has 84 valence electrons. The Kier molecular flexibility index (Phi) is 8.64. The average molecular weight is 200 g/mol. The minimum absolute atomic E-state index is 0.0385. The quantitative estimate of drug-likeness (QED) is 0.587. The van der Waals surface area contributed by atoms with Crippen molar-refractivity contribution in [1.82, 2.24) is 5.32 Å². The van der Waals surface area contributed by atoms with Crippen LogP contribution in [0.4, 0.5) is 0 Å². The summed E-state index contributed by atoms with van der Waals surface area (Å²) >= 11 is 0. The molecule has 0 aromatic carbocycles. The molecule has 3 heteroatoms. The van der Waals surface area contributed by atoms with Crippen LogP contribution in [0.3, 0.4) is 0 Å². The zero-order valence-electron chi connectivity index (χ0n) is 9.51. The second kappa shape index (κ2) is 9.00. The molecule has 0 rings (SSSR count). The van der Waals surface area contributed by atoms with Gasteiger partial charge in [-0.1, -0.05) is 33.1 Å².